The van der Waals surface area contributed by atoms with Gasteiger partial charge in [0.25, 0.3) is 0 Å². The Morgan fingerprint density at radius 2 is 0.803 bits per heavy atom. The number of allylic oxidation sites excluding steroid dienone is 4. The van der Waals surface area contributed by atoms with E-state index in [0.29, 0.717) is 17.2 Å². The highest BCUT2D eigenvalue weighted by Gasteiger charge is 2.15. The van der Waals surface area contributed by atoms with Crippen LogP contribution < -0.4 is 5.73 Å². The van der Waals surface area contributed by atoms with E-state index >= 15 is 0 Å². The second-order valence-electron chi connectivity index (χ2n) is 14.1. The summed E-state index contributed by atoms with van der Waals surface area (Å²) in [6.45, 7) is 3.73. The summed E-state index contributed by atoms with van der Waals surface area (Å²) in [4.78, 5) is 34.4. The van der Waals surface area contributed by atoms with Gasteiger partial charge in [0.15, 0.2) is 5.82 Å². The molecule has 9 aromatic rings. The van der Waals surface area contributed by atoms with Gasteiger partial charge in [-0.1, -0.05) is 110 Å². The molecular weight excluding hydrogens is 749 g/mol. The monoisotopic (exact) mass is 786 g/mol. The molecule has 9 rings (SSSR count). The normalized spacial score (nSPS) is 11.4. The van der Waals surface area contributed by atoms with Crippen molar-refractivity contribution in [2.24, 2.45) is 5.73 Å². The lowest BCUT2D eigenvalue weighted by molar-refractivity contribution is 1.18. The van der Waals surface area contributed by atoms with Crippen LogP contribution in [-0.4, -0.2) is 34.9 Å². The van der Waals surface area contributed by atoms with Gasteiger partial charge >= 0.3 is 0 Å². The van der Waals surface area contributed by atoms with Gasteiger partial charge in [-0.3, -0.25) is 9.97 Å². The van der Waals surface area contributed by atoms with E-state index in [1.807, 2.05) is 146 Å². The summed E-state index contributed by atoms with van der Waals surface area (Å²) in [7, 11) is 0. The molecule has 0 aliphatic carbocycles. The maximum absolute atomic E-state index is 6.39. The number of aromatic nitrogens is 7. The average Bonchev–Trinajstić information content (AvgIpc) is 3.34. The quantitative estimate of drug-likeness (QED) is 0.129. The zero-order valence-corrected chi connectivity index (χ0v) is 33.0. The first kappa shape index (κ1) is 38.1. The van der Waals surface area contributed by atoms with Crippen molar-refractivity contribution in [1.29, 1.82) is 0 Å². The van der Waals surface area contributed by atoms with Crippen LogP contribution in [0, 0.1) is 0 Å². The SMILES string of the molecule is C=C/C=C\C=C(/N)c1cccc(-c2cccc(-c3cc(-c4cccc(-c5cccc(-c6ccccn6)n5)c4)nc(-c4cccc(-c5cccc(-c6ccccn6)n5)c4)n3)c2)n1. The Hall–Kier alpha value is -8.49. The first-order valence-electron chi connectivity index (χ1n) is 19.8. The molecule has 0 fully saturated rings. The van der Waals surface area contributed by atoms with Crippen molar-refractivity contribution in [1.82, 2.24) is 34.9 Å². The van der Waals surface area contributed by atoms with E-state index in [2.05, 4.69) is 59.0 Å². The molecule has 0 aliphatic rings. The molecule has 61 heavy (non-hydrogen) atoms. The maximum Gasteiger partial charge on any atom is 0.160 e. The van der Waals surface area contributed by atoms with Gasteiger partial charge in [0.1, 0.15) is 0 Å². The van der Waals surface area contributed by atoms with Crippen LogP contribution >= 0.6 is 0 Å². The number of benzene rings is 3. The lowest BCUT2D eigenvalue weighted by Gasteiger charge is -2.12. The number of nitrogens with zero attached hydrogens (tertiary/aromatic N) is 7. The molecule has 3 aromatic carbocycles. The van der Waals surface area contributed by atoms with Gasteiger partial charge in [-0.2, -0.15) is 0 Å². The molecule has 0 radical (unpaired) electrons. The Morgan fingerprint density at radius 3 is 1.31 bits per heavy atom. The third-order valence-corrected chi connectivity index (χ3v) is 9.97. The van der Waals surface area contributed by atoms with Crippen LogP contribution in [0.2, 0.25) is 0 Å². The van der Waals surface area contributed by atoms with Gasteiger partial charge in [0.2, 0.25) is 0 Å². The Balaban J connectivity index is 1.14. The lowest BCUT2D eigenvalue weighted by Crippen LogP contribution is -2.00. The first-order valence-corrected chi connectivity index (χ1v) is 19.8. The molecule has 0 saturated carbocycles. The fourth-order valence-corrected chi connectivity index (χ4v) is 6.95. The fraction of sp³-hybridized carbons (Fsp3) is 0. The maximum atomic E-state index is 6.39. The van der Waals surface area contributed by atoms with Crippen molar-refractivity contribution in [3.63, 3.8) is 0 Å². The summed E-state index contributed by atoms with van der Waals surface area (Å²) >= 11 is 0. The van der Waals surface area contributed by atoms with Crippen LogP contribution in [0.15, 0.2) is 213 Å². The van der Waals surface area contributed by atoms with Crippen molar-refractivity contribution in [2.75, 3.05) is 0 Å². The van der Waals surface area contributed by atoms with Crippen molar-refractivity contribution >= 4 is 5.70 Å². The third-order valence-electron chi connectivity index (χ3n) is 9.97. The van der Waals surface area contributed by atoms with Gasteiger partial charge < -0.3 is 5.73 Å². The minimum atomic E-state index is 0.558. The molecular formula is C53H38N8. The van der Waals surface area contributed by atoms with E-state index in [1.54, 1.807) is 18.5 Å². The average molecular weight is 787 g/mol. The number of nitrogens with two attached hydrogens (primary N) is 1. The standard InChI is InChI=1S/C53H38N8/c1-2-3-4-21-42(54)46-27-12-24-43(57-46)36-15-9-18-39(32-36)51-35-52(40-19-10-16-37(33-40)44-25-13-28-49(58-44)47-22-5-7-30-55-47)61-53(60-51)41-20-11-17-38(34-41)45-26-14-29-50(59-45)48-23-6-8-31-56-48/h2-35H,1,54H2/b4-3-,42-21-. The smallest absolute Gasteiger partial charge is 0.160 e. The summed E-state index contributed by atoms with van der Waals surface area (Å²) in [6.07, 6.45) is 10.8. The molecule has 0 unspecified atom stereocenters. The molecule has 6 aromatic heterocycles. The zero-order valence-electron chi connectivity index (χ0n) is 33.0. The zero-order chi connectivity index (χ0) is 41.4. The van der Waals surface area contributed by atoms with Gasteiger partial charge in [-0.15, -0.1) is 0 Å². The van der Waals surface area contributed by atoms with E-state index < -0.39 is 0 Å². The second-order valence-corrected chi connectivity index (χ2v) is 14.1. The van der Waals surface area contributed by atoms with Crippen LogP contribution in [0.1, 0.15) is 5.69 Å². The van der Waals surface area contributed by atoms with E-state index in [0.717, 1.165) is 84.6 Å². The highest BCUT2D eigenvalue weighted by molar-refractivity contribution is 5.79. The molecule has 0 spiro atoms. The van der Waals surface area contributed by atoms with Crippen molar-refractivity contribution in [3.05, 3.63) is 219 Å². The van der Waals surface area contributed by atoms with E-state index in [9.17, 15) is 0 Å². The van der Waals surface area contributed by atoms with Gasteiger partial charge in [-0.25, -0.2) is 24.9 Å². The molecule has 8 heteroatoms. The van der Waals surface area contributed by atoms with Gasteiger partial charge in [-0.05, 0) is 91.0 Å². The Bertz CT molecular complexity index is 2920. The highest BCUT2D eigenvalue weighted by Crippen LogP contribution is 2.33. The minimum absolute atomic E-state index is 0.558. The van der Waals surface area contributed by atoms with Crippen LogP contribution in [0.5, 0.6) is 0 Å². The topological polar surface area (TPSA) is 116 Å². The Morgan fingerprint density at radius 1 is 0.377 bits per heavy atom. The summed E-state index contributed by atoms with van der Waals surface area (Å²) < 4.78 is 0. The van der Waals surface area contributed by atoms with Crippen molar-refractivity contribution in [3.8, 4) is 90.5 Å². The van der Waals surface area contributed by atoms with E-state index in [-0.39, 0.29) is 0 Å². The first-order chi connectivity index (χ1) is 30.1. The van der Waals surface area contributed by atoms with Crippen LogP contribution in [0.3, 0.4) is 0 Å². The molecule has 0 amide bonds. The van der Waals surface area contributed by atoms with Gasteiger partial charge in [0, 0.05) is 45.8 Å². The lowest BCUT2D eigenvalue weighted by atomic mass is 10.0. The fourth-order valence-electron chi connectivity index (χ4n) is 6.95. The summed E-state index contributed by atoms with van der Waals surface area (Å²) in [5.74, 6) is 0.576. The highest BCUT2D eigenvalue weighted by atomic mass is 14.9. The Labute approximate surface area is 354 Å². The summed E-state index contributed by atoms with van der Waals surface area (Å²) in [6, 6.07) is 56.2. The summed E-state index contributed by atoms with van der Waals surface area (Å²) in [5, 5.41) is 0. The van der Waals surface area contributed by atoms with Crippen LogP contribution in [-0.2, 0) is 0 Å². The largest absolute Gasteiger partial charge is 0.397 e. The molecule has 0 saturated heterocycles. The number of rotatable bonds is 11. The molecule has 0 aliphatic heterocycles. The molecule has 0 atom stereocenters. The molecule has 8 nitrogen and oxygen atoms in total. The van der Waals surface area contributed by atoms with Crippen LogP contribution in [0.25, 0.3) is 96.1 Å². The van der Waals surface area contributed by atoms with E-state index in [1.165, 1.54) is 0 Å². The van der Waals surface area contributed by atoms with E-state index in [4.69, 9.17) is 30.7 Å². The van der Waals surface area contributed by atoms with Crippen LogP contribution in [0.4, 0.5) is 0 Å². The van der Waals surface area contributed by atoms with Crippen molar-refractivity contribution < 1.29 is 0 Å². The minimum Gasteiger partial charge on any atom is -0.397 e. The Kier molecular flexibility index (Phi) is 11.0. The molecule has 6 heterocycles. The molecule has 0 bridgehead atoms. The number of pyridine rings is 5. The molecule has 2 N–H and O–H groups in total. The summed E-state index contributed by atoms with van der Waals surface area (Å²) in [5.41, 5.74) is 20.3. The predicted molar refractivity (Wildman–Crippen MR) is 246 cm³/mol. The third kappa shape index (κ3) is 8.69. The molecule has 290 valence electrons. The van der Waals surface area contributed by atoms with Gasteiger partial charge in [0.05, 0.1) is 62.6 Å². The van der Waals surface area contributed by atoms with Crippen molar-refractivity contribution in [2.45, 2.75) is 0 Å². The second kappa shape index (κ2) is 17.6. The predicted octanol–water partition coefficient (Wildman–Crippen LogP) is 11.8. The number of hydrogen-bond acceptors (Lipinski definition) is 8. The number of hydrogen-bond donors (Lipinski definition) is 1.